The number of nitrogens with zero attached hydrogens (tertiary/aromatic N) is 2. The zero-order valence-corrected chi connectivity index (χ0v) is 18.7. The summed E-state index contributed by atoms with van der Waals surface area (Å²) in [7, 11) is 0. The Morgan fingerprint density at radius 1 is 1.06 bits per heavy atom. The van der Waals surface area contributed by atoms with Crippen molar-refractivity contribution in [2.45, 2.75) is 52.9 Å². The van der Waals surface area contributed by atoms with Crippen LogP contribution in [0.25, 0.3) is 0 Å². The van der Waals surface area contributed by atoms with Crippen molar-refractivity contribution in [3.8, 4) is 5.75 Å². The lowest BCUT2D eigenvalue weighted by atomic mass is 10.1. The number of benzene rings is 2. The molecule has 2 aromatic carbocycles. The first-order chi connectivity index (χ1) is 15.0. The Morgan fingerprint density at radius 2 is 1.77 bits per heavy atom. The molecule has 1 atom stereocenters. The Labute approximate surface area is 184 Å². The summed E-state index contributed by atoms with van der Waals surface area (Å²) in [4.78, 5) is 18.9. The lowest BCUT2D eigenvalue weighted by molar-refractivity contribution is 0.0938. The minimum Gasteiger partial charge on any atom is -0.494 e. The second-order valence-corrected chi connectivity index (χ2v) is 7.82. The smallest absolute Gasteiger partial charge is 0.273 e. The maximum Gasteiger partial charge on any atom is 0.273 e. The molecule has 31 heavy (non-hydrogen) atoms. The number of rotatable bonds is 10. The van der Waals surface area contributed by atoms with Gasteiger partial charge in [0.15, 0.2) is 5.69 Å². The van der Waals surface area contributed by atoms with E-state index < -0.39 is 0 Å². The number of carbonyl (C=O) groups is 1. The van der Waals surface area contributed by atoms with Crippen molar-refractivity contribution < 1.29 is 13.9 Å². The maximum atomic E-state index is 12.2. The molecule has 6 heteroatoms. The zero-order chi connectivity index (χ0) is 22.2. The average Bonchev–Trinajstić information content (AvgIpc) is 3.23. The molecule has 0 radical (unpaired) electrons. The standard InChI is InChI=1S/C25H31N3O3/c1-5-30-22-13-11-20(12-14-22)15-28(19(4)21-9-7-6-8-10-21)16-24-27-23(17-31-24)25(29)26-18(2)3/h6-14,17-19H,5,15-16H2,1-4H3,(H,26,29). The first-order valence-electron chi connectivity index (χ1n) is 10.7. The van der Waals surface area contributed by atoms with Gasteiger partial charge in [-0.05, 0) is 51.0 Å². The quantitative estimate of drug-likeness (QED) is 0.500. The van der Waals surface area contributed by atoms with E-state index in [9.17, 15) is 4.79 Å². The summed E-state index contributed by atoms with van der Waals surface area (Å²) in [5.41, 5.74) is 2.67. The molecule has 1 amide bonds. The molecule has 1 heterocycles. The molecule has 1 N–H and O–H groups in total. The highest BCUT2D eigenvalue weighted by atomic mass is 16.5. The van der Waals surface area contributed by atoms with Crippen molar-refractivity contribution >= 4 is 5.91 Å². The van der Waals surface area contributed by atoms with E-state index in [1.165, 1.54) is 11.8 Å². The topological polar surface area (TPSA) is 67.6 Å². The van der Waals surface area contributed by atoms with Gasteiger partial charge in [0, 0.05) is 18.6 Å². The fourth-order valence-electron chi connectivity index (χ4n) is 3.36. The molecule has 0 bridgehead atoms. The third-order valence-corrected chi connectivity index (χ3v) is 4.99. The fourth-order valence-corrected chi connectivity index (χ4v) is 3.36. The summed E-state index contributed by atoms with van der Waals surface area (Å²) in [6.45, 7) is 9.81. The van der Waals surface area contributed by atoms with Crippen LogP contribution in [0.2, 0.25) is 0 Å². The molecule has 0 spiro atoms. The predicted molar refractivity (Wildman–Crippen MR) is 121 cm³/mol. The average molecular weight is 422 g/mol. The van der Waals surface area contributed by atoms with Gasteiger partial charge in [0.2, 0.25) is 5.89 Å². The molecule has 1 aromatic heterocycles. The van der Waals surface area contributed by atoms with Crippen molar-refractivity contribution in [1.82, 2.24) is 15.2 Å². The molecule has 164 valence electrons. The van der Waals surface area contributed by atoms with Crippen LogP contribution in [0.3, 0.4) is 0 Å². The molecular formula is C25H31N3O3. The van der Waals surface area contributed by atoms with Crippen LogP contribution in [0.1, 0.15) is 61.2 Å². The van der Waals surface area contributed by atoms with Crippen molar-refractivity contribution in [3.63, 3.8) is 0 Å². The van der Waals surface area contributed by atoms with E-state index in [-0.39, 0.29) is 18.0 Å². The largest absolute Gasteiger partial charge is 0.494 e. The normalized spacial score (nSPS) is 12.2. The van der Waals surface area contributed by atoms with Gasteiger partial charge in [-0.3, -0.25) is 9.69 Å². The van der Waals surface area contributed by atoms with Gasteiger partial charge in [-0.25, -0.2) is 4.98 Å². The molecule has 3 rings (SSSR count). The number of aromatic nitrogens is 1. The monoisotopic (exact) mass is 421 g/mol. The molecule has 0 saturated carbocycles. The molecule has 1 unspecified atom stereocenters. The number of amides is 1. The zero-order valence-electron chi connectivity index (χ0n) is 18.7. The van der Waals surface area contributed by atoms with Gasteiger partial charge in [-0.15, -0.1) is 0 Å². The Bertz CT molecular complexity index is 952. The van der Waals surface area contributed by atoms with E-state index in [1.54, 1.807) is 0 Å². The second kappa shape index (κ2) is 10.8. The highest BCUT2D eigenvalue weighted by molar-refractivity contribution is 5.92. The third-order valence-electron chi connectivity index (χ3n) is 4.99. The van der Waals surface area contributed by atoms with Gasteiger partial charge in [-0.2, -0.15) is 0 Å². The molecule has 3 aromatic rings. The Kier molecular flexibility index (Phi) is 7.84. The first kappa shape index (κ1) is 22.6. The number of ether oxygens (including phenoxy) is 1. The van der Waals surface area contributed by atoms with E-state index in [0.29, 0.717) is 31.3 Å². The number of oxazole rings is 1. The molecule has 6 nitrogen and oxygen atoms in total. The first-order valence-corrected chi connectivity index (χ1v) is 10.7. The summed E-state index contributed by atoms with van der Waals surface area (Å²) in [5, 5.41) is 2.84. The Hall–Kier alpha value is -3.12. The van der Waals surface area contributed by atoms with E-state index in [2.05, 4.69) is 46.4 Å². The Balaban J connectivity index is 1.79. The summed E-state index contributed by atoms with van der Waals surface area (Å²) in [6, 6.07) is 18.6. The van der Waals surface area contributed by atoms with Gasteiger partial charge < -0.3 is 14.5 Å². The van der Waals surface area contributed by atoms with Gasteiger partial charge in [0.05, 0.1) is 13.2 Å². The summed E-state index contributed by atoms with van der Waals surface area (Å²) >= 11 is 0. The minimum absolute atomic E-state index is 0.0434. The van der Waals surface area contributed by atoms with Crippen LogP contribution in [0, 0.1) is 0 Å². The van der Waals surface area contributed by atoms with Gasteiger partial charge in [-0.1, -0.05) is 42.5 Å². The summed E-state index contributed by atoms with van der Waals surface area (Å²) in [6.07, 6.45) is 1.43. The van der Waals surface area contributed by atoms with Crippen LogP contribution >= 0.6 is 0 Å². The van der Waals surface area contributed by atoms with Crippen LogP contribution in [0.4, 0.5) is 0 Å². The lowest BCUT2D eigenvalue weighted by Gasteiger charge is -2.28. The number of carbonyl (C=O) groups excluding carboxylic acids is 1. The van der Waals surface area contributed by atoms with Crippen molar-refractivity contribution in [1.29, 1.82) is 0 Å². The lowest BCUT2D eigenvalue weighted by Crippen LogP contribution is -2.30. The SMILES string of the molecule is CCOc1ccc(CN(Cc2nc(C(=O)NC(C)C)co2)C(C)c2ccccc2)cc1. The van der Waals surface area contributed by atoms with E-state index in [0.717, 1.165) is 11.3 Å². The molecule has 0 aliphatic heterocycles. The highest BCUT2D eigenvalue weighted by Crippen LogP contribution is 2.25. The minimum atomic E-state index is -0.223. The van der Waals surface area contributed by atoms with Gasteiger partial charge in [0.25, 0.3) is 5.91 Å². The number of hydrogen-bond donors (Lipinski definition) is 1. The van der Waals surface area contributed by atoms with E-state index in [1.807, 2.05) is 51.1 Å². The number of hydrogen-bond acceptors (Lipinski definition) is 5. The predicted octanol–water partition coefficient (Wildman–Crippen LogP) is 4.97. The van der Waals surface area contributed by atoms with Crippen LogP contribution in [0.5, 0.6) is 5.75 Å². The van der Waals surface area contributed by atoms with E-state index >= 15 is 0 Å². The van der Waals surface area contributed by atoms with Crippen molar-refractivity contribution in [3.05, 3.63) is 83.6 Å². The summed E-state index contributed by atoms with van der Waals surface area (Å²) < 4.78 is 11.2. The fraction of sp³-hybridized carbons (Fsp3) is 0.360. The number of nitrogens with one attached hydrogen (secondary N) is 1. The van der Waals surface area contributed by atoms with Crippen LogP contribution < -0.4 is 10.1 Å². The highest BCUT2D eigenvalue weighted by Gasteiger charge is 2.20. The van der Waals surface area contributed by atoms with Crippen molar-refractivity contribution in [2.75, 3.05) is 6.61 Å². The second-order valence-electron chi connectivity index (χ2n) is 7.82. The van der Waals surface area contributed by atoms with Crippen molar-refractivity contribution in [2.24, 2.45) is 0 Å². The van der Waals surface area contributed by atoms with E-state index in [4.69, 9.17) is 9.15 Å². The summed E-state index contributed by atoms with van der Waals surface area (Å²) in [5.74, 6) is 1.16. The van der Waals surface area contributed by atoms with Crippen LogP contribution in [-0.4, -0.2) is 28.4 Å². The molecule has 0 aliphatic rings. The van der Waals surface area contributed by atoms with Gasteiger partial charge >= 0.3 is 0 Å². The molecule has 0 saturated heterocycles. The molecule has 0 fully saturated rings. The Morgan fingerprint density at radius 3 is 2.42 bits per heavy atom. The molecular weight excluding hydrogens is 390 g/mol. The third kappa shape index (κ3) is 6.43. The van der Waals surface area contributed by atoms with Gasteiger partial charge in [0.1, 0.15) is 12.0 Å². The van der Waals surface area contributed by atoms with Crippen LogP contribution in [-0.2, 0) is 13.1 Å². The van der Waals surface area contributed by atoms with Crippen LogP contribution in [0.15, 0.2) is 65.3 Å². The molecule has 0 aliphatic carbocycles. The maximum absolute atomic E-state index is 12.2.